The van der Waals surface area contributed by atoms with E-state index in [1.807, 2.05) is 0 Å². The predicted molar refractivity (Wildman–Crippen MR) is 74.7 cm³/mol. The summed E-state index contributed by atoms with van der Waals surface area (Å²) in [5.74, 6) is -0.130. The number of allylic oxidation sites excluding steroid dienone is 3. The van der Waals surface area contributed by atoms with Crippen LogP contribution in [0.4, 0.5) is 0 Å². The maximum Gasteiger partial charge on any atom is 0.224 e. The number of methoxy groups -OCH3 is 2. The molecule has 0 rings (SSSR count). The van der Waals surface area contributed by atoms with Crippen LogP contribution >= 0.6 is 0 Å². The average Bonchev–Trinajstić information content (AvgIpc) is 2.29. The fraction of sp³-hybridized carbons (Fsp3) is 0.692. The van der Waals surface area contributed by atoms with Crippen molar-refractivity contribution in [1.82, 2.24) is 0 Å². The molecule has 0 aliphatic heterocycles. The molecule has 0 aliphatic carbocycles. The second-order valence-electron chi connectivity index (χ2n) is 4.31. The van der Waals surface area contributed by atoms with Crippen molar-refractivity contribution in [2.45, 2.75) is 39.5 Å². The van der Waals surface area contributed by atoms with E-state index in [-0.39, 0.29) is 5.91 Å². The molecule has 0 aromatic rings. The van der Waals surface area contributed by atoms with E-state index in [2.05, 4.69) is 32.9 Å². The van der Waals surface area contributed by atoms with Crippen LogP contribution in [0.1, 0.15) is 33.6 Å². The van der Waals surface area contributed by atoms with Gasteiger partial charge >= 0.3 is 0 Å². The largest absolute Gasteiger partial charge is 0.415 e. The van der Waals surface area contributed by atoms with Crippen LogP contribution in [0.5, 0.6) is 0 Å². The third-order valence-corrected chi connectivity index (χ3v) is 3.83. The van der Waals surface area contributed by atoms with Crippen LogP contribution in [0.2, 0.25) is 0 Å². The molecular formula is C13H26O3Si. The van der Waals surface area contributed by atoms with E-state index in [0.717, 1.165) is 12.8 Å². The smallest absolute Gasteiger partial charge is 0.224 e. The molecule has 100 valence electrons. The Morgan fingerprint density at radius 3 is 2.29 bits per heavy atom. The van der Waals surface area contributed by atoms with Gasteiger partial charge in [0.15, 0.2) is 5.91 Å². The first-order chi connectivity index (χ1) is 8.10. The molecule has 0 aromatic heterocycles. The molecule has 0 saturated carbocycles. The lowest BCUT2D eigenvalue weighted by atomic mass is 10.1. The number of hydrogen-bond acceptors (Lipinski definition) is 3. The van der Waals surface area contributed by atoms with Crippen LogP contribution in [0.25, 0.3) is 0 Å². The lowest BCUT2D eigenvalue weighted by Gasteiger charge is -2.11. The average molecular weight is 258 g/mol. The molecule has 17 heavy (non-hydrogen) atoms. The Labute approximate surface area is 108 Å². The zero-order valence-corrected chi connectivity index (χ0v) is 13.2. The zero-order chi connectivity index (χ0) is 13.1. The van der Waals surface area contributed by atoms with Crippen molar-refractivity contribution >= 4 is 9.76 Å². The van der Waals surface area contributed by atoms with Gasteiger partial charge in [-0.05, 0) is 33.6 Å². The Morgan fingerprint density at radius 1 is 1.12 bits per heavy atom. The lowest BCUT2D eigenvalue weighted by molar-refractivity contribution is -0.0521. The molecule has 0 heterocycles. The van der Waals surface area contributed by atoms with Crippen molar-refractivity contribution in [3.8, 4) is 0 Å². The van der Waals surface area contributed by atoms with Crippen LogP contribution < -0.4 is 0 Å². The number of ether oxygens (including phenoxy) is 2. The summed E-state index contributed by atoms with van der Waals surface area (Å²) in [6.45, 7) is 7.08. The summed E-state index contributed by atoms with van der Waals surface area (Å²) in [7, 11) is 2.54. The standard InChI is InChI=1S/C13H26O3Si/c1-11(2)7-6-8-12(3)9-10-16-17-13(14-4)15-5/h7,9,13H,6,8,10,17H2,1-5H3. The molecule has 0 amide bonds. The molecule has 0 fully saturated rings. The molecule has 0 spiro atoms. The van der Waals surface area contributed by atoms with Crippen molar-refractivity contribution < 1.29 is 13.9 Å². The summed E-state index contributed by atoms with van der Waals surface area (Å²) in [6.07, 6.45) is 6.63. The highest BCUT2D eigenvalue weighted by atomic mass is 28.2. The summed E-state index contributed by atoms with van der Waals surface area (Å²) in [5, 5.41) is 0. The molecule has 0 aliphatic rings. The Hall–Kier alpha value is -0.423. The second-order valence-corrected chi connectivity index (χ2v) is 5.72. The van der Waals surface area contributed by atoms with Gasteiger partial charge in [-0.15, -0.1) is 0 Å². The Kier molecular flexibility index (Phi) is 10.4. The molecule has 0 N–H and O–H groups in total. The second kappa shape index (κ2) is 10.7. The summed E-state index contributed by atoms with van der Waals surface area (Å²) in [5.41, 5.74) is 2.76. The molecule has 3 nitrogen and oxygen atoms in total. The lowest BCUT2D eigenvalue weighted by Crippen LogP contribution is -2.23. The van der Waals surface area contributed by atoms with E-state index in [1.165, 1.54) is 11.1 Å². The van der Waals surface area contributed by atoms with Gasteiger partial charge in [-0.2, -0.15) is 0 Å². The number of hydrogen-bond donors (Lipinski definition) is 0. The van der Waals surface area contributed by atoms with E-state index in [0.29, 0.717) is 6.61 Å². The van der Waals surface area contributed by atoms with Crippen molar-refractivity contribution in [3.05, 3.63) is 23.3 Å². The van der Waals surface area contributed by atoms with Crippen LogP contribution in [-0.2, 0) is 13.9 Å². The molecule has 0 bridgehead atoms. The minimum absolute atomic E-state index is 0.130. The van der Waals surface area contributed by atoms with Crippen LogP contribution in [0.3, 0.4) is 0 Å². The van der Waals surface area contributed by atoms with Gasteiger partial charge in [0.1, 0.15) is 0 Å². The highest BCUT2D eigenvalue weighted by Gasteiger charge is 2.04. The van der Waals surface area contributed by atoms with Crippen LogP contribution in [-0.4, -0.2) is 36.5 Å². The monoisotopic (exact) mass is 258 g/mol. The topological polar surface area (TPSA) is 27.7 Å². The zero-order valence-electron chi connectivity index (χ0n) is 11.8. The molecule has 0 radical (unpaired) electrons. The SMILES string of the molecule is COC(OC)[SiH2]OCC=C(C)CCC=C(C)C. The highest BCUT2D eigenvalue weighted by molar-refractivity contribution is 6.28. The van der Waals surface area contributed by atoms with E-state index < -0.39 is 9.76 Å². The number of rotatable bonds is 9. The summed E-state index contributed by atoms with van der Waals surface area (Å²) < 4.78 is 15.7. The van der Waals surface area contributed by atoms with Crippen molar-refractivity contribution in [3.63, 3.8) is 0 Å². The summed E-state index contributed by atoms with van der Waals surface area (Å²) >= 11 is 0. The maximum atomic E-state index is 5.57. The molecule has 0 unspecified atom stereocenters. The van der Waals surface area contributed by atoms with Gasteiger partial charge in [0, 0.05) is 14.2 Å². The molecule has 0 saturated heterocycles. The first kappa shape index (κ1) is 16.6. The summed E-state index contributed by atoms with van der Waals surface area (Å²) in [6, 6.07) is 0. The third kappa shape index (κ3) is 10.4. The van der Waals surface area contributed by atoms with Crippen LogP contribution in [0, 0.1) is 0 Å². The highest BCUT2D eigenvalue weighted by Crippen LogP contribution is 2.06. The predicted octanol–water partition coefficient (Wildman–Crippen LogP) is 2.36. The van der Waals surface area contributed by atoms with Gasteiger partial charge in [-0.3, -0.25) is 0 Å². The quantitative estimate of drug-likeness (QED) is 0.275. The minimum Gasteiger partial charge on any atom is -0.415 e. The third-order valence-electron chi connectivity index (χ3n) is 2.42. The van der Waals surface area contributed by atoms with E-state index in [1.54, 1.807) is 14.2 Å². The molecule has 4 heteroatoms. The van der Waals surface area contributed by atoms with Gasteiger partial charge in [0.05, 0.1) is 6.61 Å². The van der Waals surface area contributed by atoms with Gasteiger partial charge < -0.3 is 13.9 Å². The van der Waals surface area contributed by atoms with Gasteiger partial charge in [0.2, 0.25) is 9.76 Å². The van der Waals surface area contributed by atoms with Crippen molar-refractivity contribution in [2.75, 3.05) is 20.8 Å². The maximum absolute atomic E-state index is 5.57. The van der Waals surface area contributed by atoms with Gasteiger partial charge in [0.25, 0.3) is 0 Å². The molecule has 0 aromatic carbocycles. The Bertz CT molecular complexity index is 241. The van der Waals surface area contributed by atoms with Gasteiger partial charge in [-0.25, -0.2) is 0 Å². The van der Waals surface area contributed by atoms with E-state index in [9.17, 15) is 0 Å². The normalized spacial score (nSPS) is 12.7. The fourth-order valence-corrected chi connectivity index (χ4v) is 2.01. The van der Waals surface area contributed by atoms with Gasteiger partial charge in [-0.1, -0.05) is 23.3 Å². The minimum atomic E-state index is -0.751. The Balaban J connectivity index is 3.66. The Morgan fingerprint density at radius 2 is 1.76 bits per heavy atom. The first-order valence-corrected chi connectivity index (χ1v) is 7.41. The summed E-state index contributed by atoms with van der Waals surface area (Å²) in [4.78, 5) is 0. The molecule has 0 atom stereocenters. The van der Waals surface area contributed by atoms with Crippen molar-refractivity contribution in [2.24, 2.45) is 0 Å². The van der Waals surface area contributed by atoms with E-state index >= 15 is 0 Å². The fourth-order valence-electron chi connectivity index (χ4n) is 1.29. The van der Waals surface area contributed by atoms with E-state index in [4.69, 9.17) is 13.9 Å². The molecular weight excluding hydrogens is 232 g/mol. The van der Waals surface area contributed by atoms with Crippen molar-refractivity contribution in [1.29, 1.82) is 0 Å². The van der Waals surface area contributed by atoms with Crippen LogP contribution in [0.15, 0.2) is 23.3 Å². The first-order valence-electron chi connectivity index (χ1n) is 6.02.